The molecule has 0 aliphatic rings. The quantitative estimate of drug-likeness (QED) is 0.892. The highest BCUT2D eigenvalue weighted by Crippen LogP contribution is 2.12. The van der Waals surface area contributed by atoms with Crippen molar-refractivity contribution in [2.24, 2.45) is 7.05 Å². The third kappa shape index (κ3) is 2.89. The number of hydrogen-bond donors (Lipinski definition) is 1. The van der Waals surface area contributed by atoms with Gasteiger partial charge in [0.05, 0.1) is 6.10 Å². The summed E-state index contributed by atoms with van der Waals surface area (Å²) >= 11 is 0. The molecule has 0 aliphatic heterocycles. The first-order valence-corrected chi connectivity index (χ1v) is 5.51. The molecule has 1 unspecified atom stereocenters. The Labute approximate surface area is 103 Å². The minimum absolute atomic E-state index is 0.240. The fraction of sp³-hybridized carbons (Fsp3) is 0.333. The molecule has 0 amide bonds. The van der Waals surface area contributed by atoms with Gasteiger partial charge in [-0.15, -0.1) is 0 Å². The van der Waals surface area contributed by atoms with Crippen molar-refractivity contribution in [1.29, 1.82) is 0 Å². The Morgan fingerprint density at radius 2 is 2.06 bits per heavy atom. The lowest BCUT2D eigenvalue weighted by molar-refractivity contribution is 0.171. The average Bonchev–Trinajstić information content (AvgIpc) is 2.70. The van der Waals surface area contributed by atoms with Gasteiger partial charge < -0.3 is 5.11 Å². The molecule has 2 aromatic rings. The molecule has 2 rings (SSSR count). The smallest absolute Gasteiger partial charge is 0.159 e. The Hall–Kier alpha value is -1.82. The first kappa shape index (κ1) is 12.6. The Morgan fingerprint density at radius 1 is 1.28 bits per heavy atom. The maximum absolute atomic E-state index is 13.0. The first-order chi connectivity index (χ1) is 8.56. The second-order valence-electron chi connectivity index (χ2n) is 4.11. The molecular weight excluding hydrogens is 240 g/mol. The number of aliphatic hydroxyl groups excluding tert-OH is 1. The van der Waals surface area contributed by atoms with Gasteiger partial charge >= 0.3 is 0 Å². The summed E-state index contributed by atoms with van der Waals surface area (Å²) in [4.78, 5) is 3.99. The lowest BCUT2D eigenvalue weighted by atomic mass is 10.1. The highest BCUT2D eigenvalue weighted by Gasteiger charge is 2.12. The Kier molecular flexibility index (Phi) is 3.66. The van der Waals surface area contributed by atoms with Gasteiger partial charge in [-0.1, -0.05) is 6.07 Å². The van der Waals surface area contributed by atoms with E-state index >= 15 is 0 Å². The van der Waals surface area contributed by atoms with Crippen LogP contribution in [0.5, 0.6) is 0 Å². The molecule has 1 N–H and O–H groups in total. The van der Waals surface area contributed by atoms with E-state index < -0.39 is 17.7 Å². The summed E-state index contributed by atoms with van der Waals surface area (Å²) < 4.78 is 27.3. The van der Waals surface area contributed by atoms with E-state index in [9.17, 15) is 13.9 Å². The molecule has 1 atom stereocenters. The minimum Gasteiger partial charge on any atom is -0.392 e. The Balaban J connectivity index is 2.01. The zero-order valence-electron chi connectivity index (χ0n) is 9.85. The van der Waals surface area contributed by atoms with Crippen LogP contribution in [0.15, 0.2) is 24.5 Å². The van der Waals surface area contributed by atoms with E-state index in [2.05, 4.69) is 10.1 Å². The van der Waals surface area contributed by atoms with Crippen LogP contribution < -0.4 is 0 Å². The standard InChI is InChI=1S/C12H13F2N3O/c1-17-12(15-7-16-17)6-9(18)4-8-2-3-10(13)11(14)5-8/h2-3,5,7,9,18H,4,6H2,1H3. The van der Waals surface area contributed by atoms with Gasteiger partial charge in [0.25, 0.3) is 0 Å². The van der Waals surface area contributed by atoms with E-state index in [1.807, 2.05) is 0 Å². The zero-order chi connectivity index (χ0) is 13.1. The van der Waals surface area contributed by atoms with Gasteiger partial charge in [-0.3, -0.25) is 4.68 Å². The van der Waals surface area contributed by atoms with Gasteiger partial charge in [0.15, 0.2) is 11.6 Å². The molecule has 4 nitrogen and oxygen atoms in total. The van der Waals surface area contributed by atoms with Crippen molar-refractivity contribution in [2.45, 2.75) is 18.9 Å². The van der Waals surface area contributed by atoms with Crippen LogP contribution in [-0.4, -0.2) is 26.0 Å². The molecule has 0 fully saturated rings. The van der Waals surface area contributed by atoms with Gasteiger partial charge in [0, 0.05) is 13.5 Å². The van der Waals surface area contributed by atoms with Gasteiger partial charge in [-0.25, -0.2) is 13.8 Å². The molecule has 0 saturated carbocycles. The summed E-state index contributed by atoms with van der Waals surface area (Å²) in [5.41, 5.74) is 0.545. The third-order valence-electron chi connectivity index (χ3n) is 2.68. The van der Waals surface area contributed by atoms with Crippen molar-refractivity contribution < 1.29 is 13.9 Å². The van der Waals surface area contributed by atoms with Crippen LogP contribution in [0.25, 0.3) is 0 Å². The highest BCUT2D eigenvalue weighted by atomic mass is 19.2. The van der Waals surface area contributed by atoms with Crippen molar-refractivity contribution in [3.05, 3.63) is 47.5 Å². The van der Waals surface area contributed by atoms with Gasteiger partial charge in [-0.2, -0.15) is 5.10 Å². The summed E-state index contributed by atoms with van der Waals surface area (Å²) in [5.74, 6) is -1.15. The monoisotopic (exact) mass is 253 g/mol. The number of benzene rings is 1. The Morgan fingerprint density at radius 3 is 2.67 bits per heavy atom. The second-order valence-corrected chi connectivity index (χ2v) is 4.11. The maximum atomic E-state index is 13.0. The molecule has 0 saturated heterocycles. The zero-order valence-corrected chi connectivity index (χ0v) is 9.85. The summed E-state index contributed by atoms with van der Waals surface area (Å²) in [7, 11) is 1.73. The van der Waals surface area contributed by atoms with Crippen molar-refractivity contribution in [2.75, 3.05) is 0 Å². The number of halogens is 2. The largest absolute Gasteiger partial charge is 0.392 e. The predicted molar refractivity (Wildman–Crippen MR) is 60.8 cm³/mol. The number of rotatable bonds is 4. The van der Waals surface area contributed by atoms with Crippen molar-refractivity contribution in [3.8, 4) is 0 Å². The van der Waals surface area contributed by atoms with E-state index in [-0.39, 0.29) is 6.42 Å². The summed E-state index contributed by atoms with van der Waals surface area (Å²) in [6.45, 7) is 0. The maximum Gasteiger partial charge on any atom is 0.159 e. The SMILES string of the molecule is Cn1ncnc1CC(O)Cc1ccc(F)c(F)c1. The summed E-state index contributed by atoms with van der Waals surface area (Å²) in [5, 5.41) is 13.7. The van der Waals surface area contributed by atoms with Crippen LogP contribution in [0.3, 0.4) is 0 Å². The summed E-state index contributed by atoms with van der Waals surface area (Å²) in [6, 6.07) is 3.60. The molecule has 1 heterocycles. The fourth-order valence-corrected chi connectivity index (χ4v) is 1.73. The molecule has 1 aromatic carbocycles. The number of aliphatic hydroxyl groups is 1. The Bertz CT molecular complexity index is 542. The van der Waals surface area contributed by atoms with E-state index in [1.165, 1.54) is 12.4 Å². The van der Waals surface area contributed by atoms with Crippen molar-refractivity contribution in [3.63, 3.8) is 0 Å². The van der Waals surface area contributed by atoms with E-state index in [4.69, 9.17) is 0 Å². The lowest BCUT2D eigenvalue weighted by Crippen LogP contribution is -2.17. The fourth-order valence-electron chi connectivity index (χ4n) is 1.73. The third-order valence-corrected chi connectivity index (χ3v) is 2.68. The topological polar surface area (TPSA) is 50.9 Å². The highest BCUT2D eigenvalue weighted by molar-refractivity contribution is 5.18. The van der Waals surface area contributed by atoms with Crippen molar-refractivity contribution in [1.82, 2.24) is 14.8 Å². The summed E-state index contributed by atoms with van der Waals surface area (Å²) in [6.07, 6.45) is 1.25. The average molecular weight is 253 g/mol. The van der Waals surface area contributed by atoms with Crippen LogP contribution in [0.2, 0.25) is 0 Å². The van der Waals surface area contributed by atoms with Crippen LogP contribution in [0, 0.1) is 11.6 Å². The molecule has 0 aliphatic carbocycles. The minimum atomic E-state index is -0.904. The molecule has 0 spiro atoms. The molecule has 0 radical (unpaired) electrons. The number of nitrogens with zero attached hydrogens (tertiary/aromatic N) is 3. The van der Waals surface area contributed by atoms with Gasteiger partial charge in [0.2, 0.25) is 0 Å². The molecule has 0 bridgehead atoms. The molecule has 6 heteroatoms. The molecule has 18 heavy (non-hydrogen) atoms. The van der Waals surface area contributed by atoms with Crippen LogP contribution in [0.1, 0.15) is 11.4 Å². The van der Waals surface area contributed by atoms with Crippen LogP contribution in [-0.2, 0) is 19.9 Å². The van der Waals surface area contributed by atoms with Gasteiger partial charge in [-0.05, 0) is 24.1 Å². The molecule has 96 valence electrons. The van der Waals surface area contributed by atoms with E-state index in [0.717, 1.165) is 12.1 Å². The molecular formula is C12H13F2N3O. The number of hydrogen-bond acceptors (Lipinski definition) is 3. The van der Waals surface area contributed by atoms with E-state index in [1.54, 1.807) is 11.7 Å². The lowest BCUT2D eigenvalue weighted by Gasteiger charge is -2.10. The van der Waals surface area contributed by atoms with Crippen molar-refractivity contribution >= 4 is 0 Å². The number of aryl methyl sites for hydroxylation is 1. The van der Waals surface area contributed by atoms with Gasteiger partial charge in [0.1, 0.15) is 12.2 Å². The van der Waals surface area contributed by atoms with Crippen LogP contribution >= 0.6 is 0 Å². The normalized spacial score (nSPS) is 12.7. The van der Waals surface area contributed by atoms with Crippen LogP contribution in [0.4, 0.5) is 8.78 Å². The van der Waals surface area contributed by atoms with E-state index in [0.29, 0.717) is 17.8 Å². The predicted octanol–water partition coefficient (Wildman–Crippen LogP) is 1.24. The first-order valence-electron chi connectivity index (χ1n) is 5.51. The molecule has 1 aromatic heterocycles. The second kappa shape index (κ2) is 5.22. The number of aromatic nitrogens is 3.